The Kier molecular flexibility index (Phi) is 3.98. The number of nitrogens with zero attached hydrogens (tertiary/aromatic N) is 1. The van der Waals surface area contributed by atoms with Crippen LogP contribution in [0.1, 0.15) is 37.7 Å². The molecule has 1 aliphatic carbocycles. The maximum absolute atomic E-state index is 6.00. The summed E-state index contributed by atoms with van der Waals surface area (Å²) in [5.41, 5.74) is 1.61. The zero-order chi connectivity index (χ0) is 15.9. The van der Waals surface area contributed by atoms with Crippen LogP contribution in [-0.4, -0.2) is 37.8 Å². The lowest BCUT2D eigenvalue weighted by Crippen LogP contribution is -2.49. The topological polar surface area (TPSA) is 45.7 Å². The largest absolute Gasteiger partial charge is 0.373 e. The molecule has 3 fully saturated rings. The van der Waals surface area contributed by atoms with Crippen molar-refractivity contribution in [3.63, 3.8) is 0 Å². The second-order valence-corrected chi connectivity index (χ2v) is 7.51. The number of benzene rings is 1. The molecule has 0 spiro atoms. The Morgan fingerprint density at radius 2 is 2.09 bits per heavy atom. The third kappa shape index (κ3) is 3.07. The molecule has 0 aromatic heterocycles. The molecule has 2 aliphatic heterocycles. The molecule has 1 aromatic carbocycles. The lowest BCUT2D eigenvalue weighted by molar-refractivity contribution is 0.0992. The van der Waals surface area contributed by atoms with E-state index >= 15 is 0 Å². The summed E-state index contributed by atoms with van der Waals surface area (Å²) >= 11 is 6.00. The summed E-state index contributed by atoms with van der Waals surface area (Å²) in [5, 5.41) is 7.87. The lowest BCUT2D eigenvalue weighted by atomic mass is 9.95. The molecule has 0 radical (unpaired) electrons. The van der Waals surface area contributed by atoms with Crippen LogP contribution in [0.2, 0.25) is 5.02 Å². The number of aliphatic imine (C=N–C) groups is 1. The maximum Gasteiger partial charge on any atom is 0.191 e. The van der Waals surface area contributed by atoms with Gasteiger partial charge in [0.05, 0.1) is 18.2 Å². The van der Waals surface area contributed by atoms with Crippen LogP contribution in [0.25, 0.3) is 0 Å². The van der Waals surface area contributed by atoms with E-state index < -0.39 is 0 Å². The van der Waals surface area contributed by atoms with Gasteiger partial charge in [-0.25, -0.2) is 0 Å². The molecule has 124 valence electrons. The molecule has 1 aromatic rings. The summed E-state index contributed by atoms with van der Waals surface area (Å²) in [7, 11) is 1.84. The van der Waals surface area contributed by atoms with Crippen LogP contribution in [0.15, 0.2) is 29.3 Å². The van der Waals surface area contributed by atoms with E-state index in [9.17, 15) is 0 Å². The zero-order valence-corrected chi connectivity index (χ0v) is 14.3. The fourth-order valence-electron chi connectivity index (χ4n) is 3.93. The second kappa shape index (κ2) is 5.99. The molecule has 3 unspecified atom stereocenters. The average Bonchev–Trinajstić information content (AvgIpc) is 3.06. The molecule has 2 saturated heterocycles. The van der Waals surface area contributed by atoms with Gasteiger partial charge in [-0.3, -0.25) is 4.99 Å². The molecular weight excluding hydrogens is 310 g/mol. The van der Waals surface area contributed by atoms with Gasteiger partial charge in [-0.1, -0.05) is 23.7 Å². The smallest absolute Gasteiger partial charge is 0.191 e. The number of rotatable bonds is 4. The van der Waals surface area contributed by atoms with Crippen molar-refractivity contribution in [1.29, 1.82) is 0 Å². The lowest BCUT2D eigenvalue weighted by Gasteiger charge is -2.24. The summed E-state index contributed by atoms with van der Waals surface area (Å²) in [6.07, 6.45) is 6.76. The van der Waals surface area contributed by atoms with Gasteiger partial charge in [0.2, 0.25) is 0 Å². The monoisotopic (exact) mass is 333 g/mol. The van der Waals surface area contributed by atoms with Crippen LogP contribution in [0, 0.1) is 0 Å². The third-order valence-corrected chi connectivity index (χ3v) is 5.81. The first-order valence-electron chi connectivity index (χ1n) is 8.57. The number of hydrogen-bond donors (Lipinski definition) is 2. The van der Waals surface area contributed by atoms with E-state index in [1.54, 1.807) is 0 Å². The van der Waals surface area contributed by atoms with Gasteiger partial charge in [0.25, 0.3) is 0 Å². The third-order valence-electron chi connectivity index (χ3n) is 5.56. The molecule has 23 heavy (non-hydrogen) atoms. The first-order valence-corrected chi connectivity index (χ1v) is 8.95. The molecule has 2 N–H and O–H groups in total. The number of hydrogen-bond acceptors (Lipinski definition) is 2. The van der Waals surface area contributed by atoms with Gasteiger partial charge in [0, 0.05) is 24.0 Å². The van der Waals surface area contributed by atoms with Gasteiger partial charge < -0.3 is 15.4 Å². The molecule has 3 atom stereocenters. The van der Waals surface area contributed by atoms with Crippen molar-refractivity contribution < 1.29 is 4.74 Å². The standard InChI is InChI=1S/C18H24ClN3O/c1-20-17(22-15-10-14-6-7-16(15)23-14)21-11-18(8-9-18)12-2-4-13(19)5-3-12/h2-5,14-16H,6-11H2,1H3,(H2,20,21,22). The minimum absolute atomic E-state index is 0.243. The van der Waals surface area contributed by atoms with Crippen molar-refractivity contribution in [2.45, 2.75) is 55.8 Å². The summed E-state index contributed by atoms with van der Waals surface area (Å²) in [6, 6.07) is 8.67. The molecule has 0 amide bonds. The van der Waals surface area contributed by atoms with Crippen LogP contribution in [0.5, 0.6) is 0 Å². The predicted molar refractivity (Wildman–Crippen MR) is 93.2 cm³/mol. The molecule has 4 nitrogen and oxygen atoms in total. The summed E-state index contributed by atoms with van der Waals surface area (Å²) in [4.78, 5) is 4.39. The van der Waals surface area contributed by atoms with E-state index in [0.717, 1.165) is 23.9 Å². The number of ether oxygens (including phenoxy) is 1. The highest BCUT2D eigenvalue weighted by atomic mass is 35.5. The normalized spacial score (nSPS) is 31.2. The van der Waals surface area contributed by atoms with Gasteiger partial charge in [-0.05, 0) is 49.8 Å². The van der Waals surface area contributed by atoms with Crippen molar-refractivity contribution >= 4 is 17.6 Å². The Morgan fingerprint density at radius 3 is 2.65 bits per heavy atom. The SMILES string of the molecule is CN=C(NCC1(c2ccc(Cl)cc2)CC1)NC1CC2CCC1O2. The first kappa shape index (κ1) is 15.3. The maximum atomic E-state index is 6.00. The average molecular weight is 334 g/mol. The van der Waals surface area contributed by atoms with E-state index in [4.69, 9.17) is 16.3 Å². The van der Waals surface area contributed by atoms with Crippen LogP contribution in [-0.2, 0) is 10.2 Å². The zero-order valence-electron chi connectivity index (χ0n) is 13.5. The van der Waals surface area contributed by atoms with Crippen molar-refractivity contribution in [3.05, 3.63) is 34.9 Å². The molecule has 1 saturated carbocycles. The molecule has 4 rings (SSSR count). The van der Waals surface area contributed by atoms with Gasteiger partial charge in [-0.15, -0.1) is 0 Å². The fourth-order valence-corrected chi connectivity index (χ4v) is 4.06. The quantitative estimate of drug-likeness (QED) is 0.658. The Morgan fingerprint density at radius 1 is 1.30 bits per heavy atom. The van der Waals surface area contributed by atoms with Crippen molar-refractivity contribution in [1.82, 2.24) is 10.6 Å². The highest BCUT2D eigenvalue weighted by Gasteiger charge is 2.45. The number of nitrogens with one attached hydrogen (secondary N) is 2. The van der Waals surface area contributed by atoms with Crippen LogP contribution < -0.4 is 10.6 Å². The van der Waals surface area contributed by atoms with E-state index in [1.807, 2.05) is 19.2 Å². The van der Waals surface area contributed by atoms with Crippen LogP contribution in [0.4, 0.5) is 0 Å². The highest BCUT2D eigenvalue weighted by Crippen LogP contribution is 2.47. The Bertz CT molecular complexity index is 597. The molecular formula is C18H24ClN3O. The predicted octanol–water partition coefficient (Wildman–Crippen LogP) is 2.86. The van der Waals surface area contributed by atoms with Gasteiger partial charge >= 0.3 is 0 Å². The van der Waals surface area contributed by atoms with Gasteiger partial charge in [-0.2, -0.15) is 0 Å². The van der Waals surface area contributed by atoms with Gasteiger partial charge in [0.15, 0.2) is 5.96 Å². The van der Waals surface area contributed by atoms with Crippen molar-refractivity contribution in [3.8, 4) is 0 Å². The Hall–Kier alpha value is -1.26. The summed E-state index contributed by atoms with van der Waals surface area (Å²) in [5.74, 6) is 0.895. The summed E-state index contributed by atoms with van der Waals surface area (Å²) < 4.78 is 5.91. The fraction of sp³-hybridized carbons (Fsp3) is 0.611. The minimum atomic E-state index is 0.243. The highest BCUT2D eigenvalue weighted by molar-refractivity contribution is 6.30. The Labute approximate surface area is 142 Å². The van der Waals surface area contributed by atoms with E-state index in [2.05, 4.69) is 27.8 Å². The molecule has 5 heteroatoms. The molecule has 3 aliphatic rings. The molecule has 2 bridgehead atoms. The summed E-state index contributed by atoms with van der Waals surface area (Å²) in [6.45, 7) is 0.913. The van der Waals surface area contributed by atoms with E-state index in [0.29, 0.717) is 18.2 Å². The van der Waals surface area contributed by atoms with Crippen LogP contribution in [0.3, 0.4) is 0 Å². The minimum Gasteiger partial charge on any atom is -0.373 e. The number of halogens is 1. The number of fused-ring (bicyclic) bond motifs is 2. The number of guanidine groups is 1. The first-order chi connectivity index (χ1) is 11.2. The van der Waals surface area contributed by atoms with Crippen molar-refractivity contribution in [2.75, 3.05) is 13.6 Å². The molecule has 2 heterocycles. The van der Waals surface area contributed by atoms with Crippen molar-refractivity contribution in [2.24, 2.45) is 4.99 Å². The van der Waals surface area contributed by atoms with Gasteiger partial charge in [0.1, 0.15) is 0 Å². The Balaban J connectivity index is 1.35. The second-order valence-electron chi connectivity index (χ2n) is 7.07. The van der Waals surface area contributed by atoms with E-state index in [-0.39, 0.29) is 5.41 Å². The van der Waals surface area contributed by atoms with E-state index in [1.165, 1.54) is 31.2 Å². The van der Waals surface area contributed by atoms with Crippen LogP contribution >= 0.6 is 11.6 Å².